The SMILES string of the molecule is CCCCOCCCNC(=NC)NCc1cccnc1N1CCCC(C(N)=O)C1.I. The van der Waals surface area contributed by atoms with E-state index < -0.39 is 0 Å². The largest absolute Gasteiger partial charge is 0.381 e. The summed E-state index contributed by atoms with van der Waals surface area (Å²) in [6.45, 7) is 6.68. The number of unbranched alkanes of at least 4 members (excludes halogenated alkanes) is 1. The number of aromatic nitrogens is 1. The van der Waals surface area contributed by atoms with Crippen molar-refractivity contribution in [3.05, 3.63) is 23.9 Å². The molecule has 1 unspecified atom stereocenters. The van der Waals surface area contributed by atoms with Crippen LogP contribution in [0, 0.1) is 5.92 Å². The first-order chi connectivity index (χ1) is 14.2. The number of pyridine rings is 1. The average molecular weight is 532 g/mol. The number of ether oxygens (including phenoxy) is 1. The van der Waals surface area contributed by atoms with E-state index in [2.05, 4.69) is 38.5 Å². The fraction of sp³-hybridized carbons (Fsp3) is 0.667. The van der Waals surface area contributed by atoms with Gasteiger partial charge in [0, 0.05) is 58.2 Å². The molecule has 1 saturated heterocycles. The molecule has 4 N–H and O–H groups in total. The molecule has 170 valence electrons. The van der Waals surface area contributed by atoms with Crippen molar-refractivity contribution in [1.82, 2.24) is 15.6 Å². The zero-order valence-corrected chi connectivity index (χ0v) is 20.6. The lowest BCUT2D eigenvalue weighted by Gasteiger charge is -2.33. The van der Waals surface area contributed by atoms with Gasteiger partial charge in [-0.3, -0.25) is 9.79 Å². The summed E-state index contributed by atoms with van der Waals surface area (Å²) in [5.74, 6) is 1.32. The summed E-state index contributed by atoms with van der Waals surface area (Å²) in [6.07, 6.45) is 6.79. The molecular weight excluding hydrogens is 495 g/mol. The van der Waals surface area contributed by atoms with Gasteiger partial charge in [-0.15, -0.1) is 24.0 Å². The lowest BCUT2D eigenvalue weighted by molar-refractivity contribution is -0.122. The number of nitrogens with one attached hydrogen (secondary N) is 2. The molecular formula is C21H37IN6O2. The molecule has 0 radical (unpaired) electrons. The van der Waals surface area contributed by atoms with E-state index in [1.54, 1.807) is 13.2 Å². The van der Waals surface area contributed by atoms with Crippen LogP contribution in [0.4, 0.5) is 5.82 Å². The minimum Gasteiger partial charge on any atom is -0.381 e. The van der Waals surface area contributed by atoms with E-state index in [1.807, 2.05) is 6.07 Å². The highest BCUT2D eigenvalue weighted by Gasteiger charge is 2.25. The highest BCUT2D eigenvalue weighted by atomic mass is 127. The van der Waals surface area contributed by atoms with Gasteiger partial charge in [-0.25, -0.2) is 4.98 Å². The van der Waals surface area contributed by atoms with Crippen LogP contribution < -0.4 is 21.3 Å². The van der Waals surface area contributed by atoms with Gasteiger partial charge in [-0.1, -0.05) is 19.4 Å². The highest BCUT2D eigenvalue weighted by molar-refractivity contribution is 14.0. The summed E-state index contributed by atoms with van der Waals surface area (Å²) in [7, 11) is 1.76. The molecule has 0 bridgehead atoms. The maximum Gasteiger partial charge on any atom is 0.222 e. The lowest BCUT2D eigenvalue weighted by atomic mass is 9.97. The molecule has 1 aromatic heterocycles. The molecule has 0 aromatic carbocycles. The number of guanidine groups is 1. The fourth-order valence-corrected chi connectivity index (χ4v) is 3.38. The van der Waals surface area contributed by atoms with Crippen LogP contribution in [-0.4, -0.2) is 56.7 Å². The van der Waals surface area contributed by atoms with Crippen LogP contribution in [0.5, 0.6) is 0 Å². The first-order valence-corrected chi connectivity index (χ1v) is 10.7. The Balaban J connectivity index is 0.00000450. The van der Waals surface area contributed by atoms with Gasteiger partial charge in [-0.05, 0) is 31.7 Å². The van der Waals surface area contributed by atoms with E-state index in [0.717, 1.165) is 75.7 Å². The number of aliphatic imine (C=N–C) groups is 1. The number of carbonyl (C=O) groups is 1. The molecule has 1 aromatic rings. The first kappa shape index (κ1) is 26.4. The van der Waals surface area contributed by atoms with Gasteiger partial charge in [0.2, 0.25) is 5.91 Å². The third-order valence-electron chi connectivity index (χ3n) is 5.06. The predicted molar refractivity (Wildman–Crippen MR) is 132 cm³/mol. The van der Waals surface area contributed by atoms with Crippen molar-refractivity contribution >= 4 is 41.7 Å². The number of rotatable bonds is 11. The molecule has 0 saturated carbocycles. The number of primary amides is 1. The van der Waals surface area contributed by atoms with Crippen molar-refractivity contribution in [1.29, 1.82) is 0 Å². The van der Waals surface area contributed by atoms with Crippen molar-refractivity contribution in [3.63, 3.8) is 0 Å². The summed E-state index contributed by atoms with van der Waals surface area (Å²) >= 11 is 0. The number of anilines is 1. The van der Waals surface area contributed by atoms with E-state index in [0.29, 0.717) is 13.1 Å². The molecule has 30 heavy (non-hydrogen) atoms. The maximum absolute atomic E-state index is 11.6. The minimum atomic E-state index is -0.228. The Morgan fingerprint density at radius 3 is 2.90 bits per heavy atom. The van der Waals surface area contributed by atoms with Crippen LogP contribution in [0.2, 0.25) is 0 Å². The first-order valence-electron chi connectivity index (χ1n) is 10.7. The monoisotopic (exact) mass is 532 g/mol. The number of amides is 1. The quantitative estimate of drug-likeness (QED) is 0.175. The number of nitrogens with two attached hydrogens (primary N) is 1. The Hall–Kier alpha value is -1.62. The van der Waals surface area contributed by atoms with Gasteiger partial charge in [-0.2, -0.15) is 0 Å². The third kappa shape index (κ3) is 9.03. The topological polar surface area (TPSA) is 105 Å². The second-order valence-electron chi connectivity index (χ2n) is 7.35. The molecule has 1 amide bonds. The summed E-state index contributed by atoms with van der Waals surface area (Å²) in [5.41, 5.74) is 6.60. The zero-order valence-electron chi connectivity index (χ0n) is 18.2. The van der Waals surface area contributed by atoms with Crippen molar-refractivity contribution in [2.45, 2.75) is 45.6 Å². The average Bonchev–Trinajstić information content (AvgIpc) is 2.75. The Labute approximate surface area is 197 Å². The van der Waals surface area contributed by atoms with Crippen molar-refractivity contribution < 1.29 is 9.53 Å². The fourth-order valence-electron chi connectivity index (χ4n) is 3.38. The van der Waals surface area contributed by atoms with E-state index in [-0.39, 0.29) is 35.8 Å². The van der Waals surface area contributed by atoms with Crippen LogP contribution in [-0.2, 0) is 16.1 Å². The third-order valence-corrected chi connectivity index (χ3v) is 5.06. The minimum absolute atomic E-state index is 0. The molecule has 2 heterocycles. The second-order valence-corrected chi connectivity index (χ2v) is 7.35. The van der Waals surface area contributed by atoms with Crippen LogP contribution in [0.25, 0.3) is 0 Å². The number of nitrogens with zero attached hydrogens (tertiary/aromatic N) is 3. The molecule has 9 heteroatoms. The Bertz CT molecular complexity index is 658. The number of piperidine rings is 1. The number of halogens is 1. The van der Waals surface area contributed by atoms with Gasteiger partial charge >= 0.3 is 0 Å². The molecule has 1 atom stereocenters. The standard InChI is InChI=1S/C21H36N6O2.HI/c1-3-4-13-29-14-7-11-25-21(23-2)26-15-17-8-5-10-24-20(17)27-12-6-9-18(16-27)19(22)28;/h5,8,10,18H,3-4,6-7,9,11-16H2,1-2H3,(H2,22,28)(H2,23,25,26);1H. The van der Waals surface area contributed by atoms with Gasteiger partial charge in [0.15, 0.2) is 5.96 Å². The second kappa shape index (κ2) is 15.2. The van der Waals surface area contributed by atoms with Gasteiger partial charge in [0.1, 0.15) is 5.82 Å². The van der Waals surface area contributed by atoms with E-state index >= 15 is 0 Å². The van der Waals surface area contributed by atoms with Crippen molar-refractivity contribution in [2.24, 2.45) is 16.6 Å². The van der Waals surface area contributed by atoms with E-state index in [1.165, 1.54) is 0 Å². The van der Waals surface area contributed by atoms with Crippen LogP contribution in [0.3, 0.4) is 0 Å². The van der Waals surface area contributed by atoms with Gasteiger partial charge < -0.3 is 26.0 Å². The van der Waals surface area contributed by atoms with Crippen molar-refractivity contribution in [3.8, 4) is 0 Å². The van der Waals surface area contributed by atoms with E-state index in [4.69, 9.17) is 10.5 Å². The molecule has 0 spiro atoms. The Kier molecular flexibility index (Phi) is 13.4. The molecule has 2 rings (SSSR count). The maximum atomic E-state index is 11.6. The lowest BCUT2D eigenvalue weighted by Crippen LogP contribution is -2.42. The number of carbonyl (C=O) groups excluding carboxylic acids is 1. The number of hydrogen-bond acceptors (Lipinski definition) is 5. The van der Waals surface area contributed by atoms with Crippen molar-refractivity contribution in [2.75, 3.05) is 44.8 Å². The van der Waals surface area contributed by atoms with Crippen LogP contribution >= 0.6 is 24.0 Å². The van der Waals surface area contributed by atoms with E-state index in [9.17, 15) is 4.79 Å². The van der Waals surface area contributed by atoms with Gasteiger partial charge in [0.05, 0.1) is 5.92 Å². The zero-order chi connectivity index (χ0) is 20.9. The Morgan fingerprint density at radius 1 is 1.37 bits per heavy atom. The molecule has 8 nitrogen and oxygen atoms in total. The van der Waals surface area contributed by atoms with Gasteiger partial charge in [0.25, 0.3) is 0 Å². The molecule has 1 aliphatic rings. The smallest absolute Gasteiger partial charge is 0.222 e. The van der Waals surface area contributed by atoms with Crippen LogP contribution in [0.15, 0.2) is 23.3 Å². The predicted octanol–water partition coefficient (Wildman–Crippen LogP) is 2.27. The molecule has 1 fully saturated rings. The summed E-state index contributed by atoms with van der Waals surface area (Å²) in [6, 6.07) is 3.98. The highest BCUT2D eigenvalue weighted by Crippen LogP contribution is 2.24. The molecule has 0 aliphatic carbocycles. The summed E-state index contributed by atoms with van der Waals surface area (Å²) in [5, 5.41) is 6.67. The van der Waals surface area contributed by atoms with Crippen LogP contribution in [0.1, 0.15) is 44.6 Å². The summed E-state index contributed by atoms with van der Waals surface area (Å²) in [4.78, 5) is 22.6. The normalized spacial score (nSPS) is 16.7. The Morgan fingerprint density at radius 2 is 2.17 bits per heavy atom. The summed E-state index contributed by atoms with van der Waals surface area (Å²) < 4.78 is 5.58. The molecule has 1 aliphatic heterocycles. The number of hydrogen-bond donors (Lipinski definition) is 3.